The van der Waals surface area contributed by atoms with Gasteiger partial charge < -0.3 is 15.1 Å². The number of halogens is 2. The van der Waals surface area contributed by atoms with Crippen molar-refractivity contribution in [2.45, 2.75) is 38.6 Å². The maximum absolute atomic E-state index is 11.5. The van der Waals surface area contributed by atoms with Gasteiger partial charge in [-0.05, 0) is 68.8 Å². The number of nitrogens with one attached hydrogen (secondary N) is 1. The second-order valence-electron chi connectivity index (χ2n) is 10.3. The summed E-state index contributed by atoms with van der Waals surface area (Å²) in [5, 5.41) is 18.0. The number of rotatable bonds is 8. The molecular weight excluding hydrogens is 523 g/mol. The Bertz CT molecular complexity index is 1360. The van der Waals surface area contributed by atoms with Gasteiger partial charge in [0.25, 0.3) is 0 Å². The average Bonchev–Trinajstić information content (AvgIpc) is 3.26. The molecule has 38 heavy (non-hydrogen) atoms. The highest BCUT2D eigenvalue weighted by atomic mass is 35.5. The standard InChI is InChI=1S/C27H32Cl2N8O/c1-17(21-8-7-20(28)11-22(21)29)37-27-26(23(12-30)34-37)32-13-24(33-27)36-15-19(16-36)18-5-3-9-35(14-18)10-4-6-25(38)31-2/h7-8,11,13,17-19H,3-6,9-10,14-16H2,1-2H3,(H,31,38). The SMILES string of the molecule is CNC(=O)CCCN1CCCC(C2CN(c3cnc4c(C#N)nn(C(C)c5ccc(Cl)cc5Cl)c4n3)C2)C1. The third-order valence-electron chi connectivity index (χ3n) is 7.88. The fraction of sp³-hybridized carbons (Fsp3) is 0.519. The zero-order valence-corrected chi connectivity index (χ0v) is 23.2. The first kappa shape index (κ1) is 26.7. The Morgan fingerprint density at radius 2 is 2.08 bits per heavy atom. The number of nitrogens with zero attached hydrogens (tertiary/aromatic N) is 7. The molecule has 2 aromatic heterocycles. The van der Waals surface area contributed by atoms with E-state index in [1.54, 1.807) is 30.1 Å². The maximum atomic E-state index is 11.5. The zero-order valence-electron chi connectivity index (χ0n) is 21.7. The molecule has 5 rings (SSSR count). The minimum Gasteiger partial charge on any atom is -0.359 e. The molecule has 0 bridgehead atoms. The van der Waals surface area contributed by atoms with Crippen molar-refractivity contribution < 1.29 is 4.79 Å². The number of anilines is 1. The fourth-order valence-electron chi connectivity index (χ4n) is 5.63. The summed E-state index contributed by atoms with van der Waals surface area (Å²) in [6, 6.07) is 7.26. The van der Waals surface area contributed by atoms with Crippen LogP contribution in [0.1, 0.15) is 49.9 Å². The lowest BCUT2D eigenvalue weighted by Gasteiger charge is -2.47. The van der Waals surface area contributed by atoms with E-state index in [1.165, 1.54) is 12.8 Å². The van der Waals surface area contributed by atoms with Gasteiger partial charge in [0.1, 0.15) is 17.4 Å². The van der Waals surface area contributed by atoms with Crippen LogP contribution in [0.15, 0.2) is 24.4 Å². The van der Waals surface area contributed by atoms with Crippen molar-refractivity contribution in [2.75, 3.05) is 44.7 Å². The first-order valence-electron chi connectivity index (χ1n) is 13.2. The molecule has 1 amide bonds. The third kappa shape index (κ3) is 5.44. The van der Waals surface area contributed by atoms with E-state index in [0.717, 1.165) is 50.5 Å². The Morgan fingerprint density at radius 3 is 2.82 bits per heavy atom. The average molecular weight is 556 g/mol. The lowest BCUT2D eigenvalue weighted by Crippen LogP contribution is -2.54. The minimum absolute atomic E-state index is 0.111. The molecule has 2 saturated heterocycles. The molecule has 0 radical (unpaired) electrons. The highest BCUT2D eigenvalue weighted by Crippen LogP contribution is 2.35. The van der Waals surface area contributed by atoms with Crippen LogP contribution in [0.25, 0.3) is 11.2 Å². The van der Waals surface area contributed by atoms with Gasteiger partial charge in [-0.3, -0.25) is 4.79 Å². The monoisotopic (exact) mass is 554 g/mol. The first-order chi connectivity index (χ1) is 18.4. The first-order valence-corrected chi connectivity index (χ1v) is 13.9. The van der Waals surface area contributed by atoms with Crippen molar-refractivity contribution in [1.29, 1.82) is 5.26 Å². The largest absolute Gasteiger partial charge is 0.359 e. The van der Waals surface area contributed by atoms with Crippen LogP contribution < -0.4 is 10.2 Å². The van der Waals surface area contributed by atoms with E-state index in [1.807, 2.05) is 13.0 Å². The third-order valence-corrected chi connectivity index (χ3v) is 8.44. The Labute approximate surface area is 232 Å². The predicted molar refractivity (Wildman–Crippen MR) is 148 cm³/mol. The summed E-state index contributed by atoms with van der Waals surface area (Å²) in [5.74, 6) is 2.17. The predicted octanol–water partition coefficient (Wildman–Crippen LogP) is 4.29. The van der Waals surface area contributed by atoms with Crippen molar-refractivity contribution in [1.82, 2.24) is 30.0 Å². The molecule has 0 spiro atoms. The molecule has 2 aliphatic rings. The quantitative estimate of drug-likeness (QED) is 0.443. The highest BCUT2D eigenvalue weighted by molar-refractivity contribution is 6.35. The van der Waals surface area contributed by atoms with Crippen molar-refractivity contribution >= 4 is 46.1 Å². The summed E-state index contributed by atoms with van der Waals surface area (Å²) >= 11 is 12.6. The van der Waals surface area contributed by atoms with E-state index in [4.69, 9.17) is 28.2 Å². The molecule has 1 N–H and O–H groups in total. The molecule has 9 nitrogen and oxygen atoms in total. The van der Waals surface area contributed by atoms with Crippen LogP contribution in [0.4, 0.5) is 5.82 Å². The lowest BCUT2D eigenvalue weighted by atomic mass is 9.80. The molecule has 2 aliphatic heterocycles. The highest BCUT2D eigenvalue weighted by Gasteiger charge is 2.36. The van der Waals surface area contributed by atoms with Gasteiger partial charge in [-0.1, -0.05) is 29.3 Å². The topological polar surface area (TPSA) is 103 Å². The van der Waals surface area contributed by atoms with E-state index in [9.17, 15) is 10.1 Å². The van der Waals surface area contributed by atoms with E-state index in [2.05, 4.69) is 31.3 Å². The zero-order chi connectivity index (χ0) is 26.8. The van der Waals surface area contributed by atoms with Crippen molar-refractivity contribution in [2.24, 2.45) is 11.8 Å². The Morgan fingerprint density at radius 1 is 1.26 bits per heavy atom. The van der Waals surface area contributed by atoms with Crippen LogP contribution in [0, 0.1) is 23.2 Å². The van der Waals surface area contributed by atoms with E-state index >= 15 is 0 Å². The summed E-state index contributed by atoms with van der Waals surface area (Å²) < 4.78 is 1.73. The number of likely N-dealkylation sites (tertiary alicyclic amines) is 1. The summed E-state index contributed by atoms with van der Waals surface area (Å²) in [7, 11) is 1.69. The Kier molecular flexibility index (Phi) is 8.03. The summed E-state index contributed by atoms with van der Waals surface area (Å²) in [6.45, 7) is 7.03. The van der Waals surface area contributed by atoms with Gasteiger partial charge in [0.05, 0.1) is 12.2 Å². The van der Waals surface area contributed by atoms with Crippen LogP contribution in [-0.4, -0.2) is 70.3 Å². The summed E-state index contributed by atoms with van der Waals surface area (Å²) in [6.07, 6.45) is 5.68. The molecular formula is C27H32Cl2N8O. The number of piperidine rings is 1. The van der Waals surface area contributed by atoms with Gasteiger partial charge in [0, 0.05) is 43.1 Å². The molecule has 0 saturated carbocycles. The molecule has 0 aliphatic carbocycles. The Balaban J connectivity index is 1.28. The number of carbonyl (C=O) groups excluding carboxylic acids is 1. The van der Waals surface area contributed by atoms with Crippen LogP contribution in [0.5, 0.6) is 0 Å². The van der Waals surface area contributed by atoms with Crippen LogP contribution in [-0.2, 0) is 4.79 Å². The van der Waals surface area contributed by atoms with Gasteiger partial charge in [-0.2, -0.15) is 10.4 Å². The van der Waals surface area contributed by atoms with Gasteiger partial charge in [0.15, 0.2) is 11.3 Å². The minimum atomic E-state index is -0.255. The molecule has 2 atom stereocenters. The molecule has 2 fully saturated rings. The second-order valence-corrected chi connectivity index (χ2v) is 11.1. The number of fused-ring (bicyclic) bond motifs is 1. The number of hydrogen-bond donors (Lipinski definition) is 1. The fourth-order valence-corrected chi connectivity index (χ4v) is 6.20. The molecule has 2 unspecified atom stereocenters. The molecule has 200 valence electrons. The number of carbonyl (C=O) groups is 1. The number of hydrogen-bond acceptors (Lipinski definition) is 7. The van der Waals surface area contributed by atoms with Crippen LogP contribution in [0.3, 0.4) is 0 Å². The van der Waals surface area contributed by atoms with Crippen LogP contribution in [0.2, 0.25) is 10.0 Å². The van der Waals surface area contributed by atoms with Gasteiger partial charge in [-0.25, -0.2) is 14.6 Å². The summed E-state index contributed by atoms with van der Waals surface area (Å²) in [5.41, 5.74) is 2.15. The number of benzene rings is 1. The lowest BCUT2D eigenvalue weighted by molar-refractivity contribution is -0.120. The van der Waals surface area contributed by atoms with Crippen LogP contribution >= 0.6 is 23.2 Å². The molecule has 4 heterocycles. The maximum Gasteiger partial charge on any atom is 0.219 e. The smallest absolute Gasteiger partial charge is 0.219 e. The van der Waals surface area contributed by atoms with E-state index < -0.39 is 0 Å². The Hall–Kier alpha value is -2.93. The molecule has 3 aromatic rings. The normalized spacial score (nSPS) is 19.2. The number of amides is 1. The van der Waals surface area contributed by atoms with E-state index in [-0.39, 0.29) is 17.6 Å². The second kappa shape index (κ2) is 11.4. The molecule has 1 aromatic carbocycles. The van der Waals surface area contributed by atoms with Crippen molar-refractivity contribution in [3.05, 3.63) is 45.7 Å². The molecule has 11 heteroatoms. The number of nitriles is 1. The van der Waals surface area contributed by atoms with E-state index in [0.29, 0.717) is 39.5 Å². The van der Waals surface area contributed by atoms with Crippen molar-refractivity contribution in [3.8, 4) is 6.07 Å². The van der Waals surface area contributed by atoms with Gasteiger partial charge in [0.2, 0.25) is 5.91 Å². The summed E-state index contributed by atoms with van der Waals surface area (Å²) in [4.78, 5) is 25.8. The number of aromatic nitrogens is 4. The van der Waals surface area contributed by atoms with Gasteiger partial charge in [-0.15, -0.1) is 0 Å². The van der Waals surface area contributed by atoms with Gasteiger partial charge >= 0.3 is 0 Å². The van der Waals surface area contributed by atoms with Crippen molar-refractivity contribution in [3.63, 3.8) is 0 Å².